The minimum atomic E-state index is -0.875. The third-order valence-corrected chi connectivity index (χ3v) is 9.23. The number of hydrogen-bond donors (Lipinski definition) is 1. The fourth-order valence-electron chi connectivity index (χ4n) is 6.45. The van der Waals surface area contributed by atoms with Gasteiger partial charge in [0.1, 0.15) is 30.7 Å². The van der Waals surface area contributed by atoms with Gasteiger partial charge in [-0.3, -0.25) is 4.90 Å². The van der Waals surface area contributed by atoms with Crippen LogP contribution in [0.5, 0.6) is 6.01 Å². The van der Waals surface area contributed by atoms with E-state index in [2.05, 4.69) is 36.0 Å². The monoisotopic (exact) mass is 659 g/mol. The summed E-state index contributed by atoms with van der Waals surface area (Å²) in [5, 5.41) is 3.40. The predicted molar refractivity (Wildman–Crippen MR) is 162 cm³/mol. The molecule has 1 N–H and O–H groups in total. The molecular weight excluding hydrogens is 624 g/mol. The number of carbonyl (C=O) groups excluding carboxylic acids is 1. The van der Waals surface area contributed by atoms with Crippen molar-refractivity contribution in [3.05, 3.63) is 58.3 Å². The van der Waals surface area contributed by atoms with Gasteiger partial charge < -0.3 is 24.4 Å². The molecular formula is C31H36BrF2N5O4. The van der Waals surface area contributed by atoms with E-state index in [0.29, 0.717) is 67.9 Å². The number of fused-ring (bicyclic) bond motifs is 2. The van der Waals surface area contributed by atoms with Crippen LogP contribution in [0.2, 0.25) is 0 Å². The minimum Gasteiger partial charge on any atom is -0.461 e. The molecule has 0 saturated carbocycles. The Labute approximate surface area is 258 Å². The number of aromatic nitrogens is 2. The summed E-state index contributed by atoms with van der Waals surface area (Å²) in [6, 6.07) is 13.0. The third kappa shape index (κ3) is 6.86. The molecule has 0 aliphatic carbocycles. The van der Waals surface area contributed by atoms with Crippen LogP contribution in [0.4, 0.5) is 19.4 Å². The van der Waals surface area contributed by atoms with Crippen LogP contribution in [0.25, 0.3) is 10.9 Å². The van der Waals surface area contributed by atoms with E-state index in [1.165, 1.54) is 0 Å². The fraction of sp³-hybridized carbons (Fsp3) is 0.516. The quantitative estimate of drug-likeness (QED) is 0.333. The van der Waals surface area contributed by atoms with Crippen molar-refractivity contribution in [3.8, 4) is 6.01 Å². The van der Waals surface area contributed by atoms with Gasteiger partial charge in [0.15, 0.2) is 5.82 Å². The van der Waals surface area contributed by atoms with Crippen LogP contribution in [0.15, 0.2) is 46.9 Å². The summed E-state index contributed by atoms with van der Waals surface area (Å²) in [7, 11) is 0. The molecule has 1 aromatic heterocycles. The number of carbonyl (C=O) groups is 1. The summed E-state index contributed by atoms with van der Waals surface area (Å²) >= 11 is 3.28. The highest BCUT2D eigenvalue weighted by atomic mass is 79.9. The van der Waals surface area contributed by atoms with Crippen LogP contribution in [0, 0.1) is 11.7 Å². The minimum absolute atomic E-state index is 0.0765. The molecule has 3 aliphatic rings. The summed E-state index contributed by atoms with van der Waals surface area (Å²) in [6.45, 7) is 4.28. The second-order valence-electron chi connectivity index (χ2n) is 11.6. The molecule has 12 heteroatoms. The molecule has 3 atom stereocenters. The van der Waals surface area contributed by atoms with Gasteiger partial charge in [-0.15, -0.1) is 0 Å². The van der Waals surface area contributed by atoms with Gasteiger partial charge in [0.2, 0.25) is 0 Å². The molecule has 1 unspecified atom stereocenters. The van der Waals surface area contributed by atoms with E-state index in [4.69, 9.17) is 19.2 Å². The van der Waals surface area contributed by atoms with Gasteiger partial charge in [-0.1, -0.05) is 30.3 Å². The number of nitrogens with one attached hydrogen (secondary N) is 1. The van der Waals surface area contributed by atoms with Crippen molar-refractivity contribution < 1.29 is 27.8 Å². The molecule has 1 amide bonds. The molecule has 0 radical (unpaired) electrons. The molecule has 3 aromatic rings. The number of hydrogen-bond acceptors (Lipinski definition) is 8. The number of benzene rings is 2. The maximum atomic E-state index is 15.4. The Hall–Kier alpha value is -3.09. The standard InChI is InChI=1S/C31H36BrF2N5O4/c32-25-8-7-24-27(26(25)34)36-29(43-20-31-10-4-12-39(31)17-23(33)15-31)37-28(24)38-13-14-41-18-22(16-38)9-11-35-30(40)42-19-21-5-2-1-3-6-21/h1-3,5-8,22-23H,4,9-20H2,(H,35,40)/t22?,23-,31+/m1/s1. The lowest BCUT2D eigenvalue weighted by molar-refractivity contribution is 0.107. The normalized spacial score (nSPS) is 24.1. The number of halogens is 3. The molecule has 3 fully saturated rings. The van der Waals surface area contributed by atoms with Gasteiger partial charge in [-0.05, 0) is 59.4 Å². The van der Waals surface area contributed by atoms with Crippen LogP contribution in [0.1, 0.15) is 31.2 Å². The van der Waals surface area contributed by atoms with Gasteiger partial charge in [-0.2, -0.15) is 9.97 Å². The maximum Gasteiger partial charge on any atom is 0.407 e. The van der Waals surface area contributed by atoms with Crippen molar-refractivity contribution >= 4 is 38.7 Å². The van der Waals surface area contributed by atoms with Crippen LogP contribution in [-0.4, -0.2) is 85.2 Å². The lowest BCUT2D eigenvalue weighted by Crippen LogP contribution is -2.43. The highest BCUT2D eigenvalue weighted by Gasteiger charge is 2.49. The van der Waals surface area contributed by atoms with Gasteiger partial charge >= 0.3 is 12.1 Å². The summed E-state index contributed by atoms with van der Waals surface area (Å²) in [6.07, 6.45) is 1.59. The van der Waals surface area contributed by atoms with Crippen LogP contribution in [-0.2, 0) is 16.1 Å². The first-order chi connectivity index (χ1) is 20.9. The SMILES string of the molecule is O=C(NCCC1COCCN(c2nc(OC[C@@]34CCCN3C[C@H](F)C4)nc3c(F)c(Br)ccc23)C1)OCc1ccccc1. The Kier molecular flexibility index (Phi) is 9.25. The number of amides is 1. The maximum absolute atomic E-state index is 15.4. The first kappa shape index (κ1) is 30.0. The van der Waals surface area contributed by atoms with Crippen molar-refractivity contribution in [1.82, 2.24) is 20.2 Å². The molecule has 2 aromatic carbocycles. The second kappa shape index (κ2) is 13.3. The molecule has 9 nitrogen and oxygen atoms in total. The van der Waals surface area contributed by atoms with E-state index in [0.717, 1.165) is 24.9 Å². The second-order valence-corrected chi connectivity index (χ2v) is 12.5. The molecule has 43 heavy (non-hydrogen) atoms. The van der Waals surface area contributed by atoms with Gasteiger partial charge in [0, 0.05) is 43.9 Å². The molecule has 3 aliphatic heterocycles. The van der Waals surface area contributed by atoms with Crippen molar-refractivity contribution in [2.75, 3.05) is 57.4 Å². The van der Waals surface area contributed by atoms with Gasteiger partial charge in [0.25, 0.3) is 0 Å². The molecule has 230 valence electrons. The molecule has 0 bridgehead atoms. The average molecular weight is 661 g/mol. The highest BCUT2D eigenvalue weighted by molar-refractivity contribution is 9.10. The first-order valence-corrected chi connectivity index (χ1v) is 15.6. The molecule has 6 rings (SSSR count). The summed E-state index contributed by atoms with van der Waals surface area (Å²) in [4.78, 5) is 25.7. The van der Waals surface area contributed by atoms with E-state index in [-0.39, 0.29) is 36.2 Å². The Bertz CT molecular complexity index is 1440. The van der Waals surface area contributed by atoms with E-state index < -0.39 is 18.1 Å². The smallest absolute Gasteiger partial charge is 0.407 e. The topological polar surface area (TPSA) is 89.0 Å². The van der Waals surface area contributed by atoms with E-state index in [9.17, 15) is 9.18 Å². The van der Waals surface area contributed by atoms with Crippen molar-refractivity contribution in [2.45, 2.75) is 44.0 Å². The fourth-order valence-corrected chi connectivity index (χ4v) is 6.77. The molecule has 3 saturated heterocycles. The number of nitrogens with zero attached hydrogens (tertiary/aromatic N) is 4. The van der Waals surface area contributed by atoms with Gasteiger partial charge in [-0.25, -0.2) is 13.6 Å². The van der Waals surface area contributed by atoms with Crippen molar-refractivity contribution in [2.24, 2.45) is 5.92 Å². The number of anilines is 1. The van der Waals surface area contributed by atoms with Crippen molar-refractivity contribution in [3.63, 3.8) is 0 Å². The average Bonchev–Trinajstić information content (AvgIpc) is 3.43. The first-order valence-electron chi connectivity index (χ1n) is 14.9. The lowest BCUT2D eigenvalue weighted by atomic mass is 9.95. The number of ether oxygens (including phenoxy) is 3. The van der Waals surface area contributed by atoms with Gasteiger partial charge in [0.05, 0.1) is 23.2 Å². The molecule has 4 heterocycles. The van der Waals surface area contributed by atoms with E-state index in [1.807, 2.05) is 30.3 Å². The Morgan fingerprint density at radius 3 is 2.88 bits per heavy atom. The third-order valence-electron chi connectivity index (χ3n) is 8.62. The van der Waals surface area contributed by atoms with E-state index >= 15 is 4.39 Å². The summed E-state index contributed by atoms with van der Waals surface area (Å²) in [5.41, 5.74) is 0.712. The zero-order valence-corrected chi connectivity index (χ0v) is 25.5. The van der Waals surface area contributed by atoms with Crippen LogP contribution < -0.4 is 15.0 Å². The van der Waals surface area contributed by atoms with Crippen molar-refractivity contribution in [1.29, 1.82) is 0 Å². The molecule has 0 spiro atoms. The number of alkyl carbamates (subject to hydrolysis) is 1. The number of alkyl halides is 1. The highest BCUT2D eigenvalue weighted by Crippen LogP contribution is 2.40. The predicted octanol–water partition coefficient (Wildman–Crippen LogP) is 5.26. The lowest BCUT2D eigenvalue weighted by Gasteiger charge is -2.31. The Morgan fingerprint density at radius 2 is 2.02 bits per heavy atom. The van der Waals surface area contributed by atoms with Crippen LogP contribution in [0.3, 0.4) is 0 Å². The summed E-state index contributed by atoms with van der Waals surface area (Å²) in [5.74, 6) is 0.155. The summed E-state index contributed by atoms with van der Waals surface area (Å²) < 4.78 is 47.3. The van der Waals surface area contributed by atoms with Crippen LogP contribution >= 0.6 is 15.9 Å². The zero-order chi connectivity index (χ0) is 29.8. The Morgan fingerprint density at radius 1 is 1.16 bits per heavy atom. The number of rotatable bonds is 9. The Balaban J connectivity index is 1.15. The largest absolute Gasteiger partial charge is 0.461 e. The zero-order valence-electron chi connectivity index (χ0n) is 23.9. The van der Waals surface area contributed by atoms with E-state index in [1.54, 1.807) is 12.1 Å².